The van der Waals surface area contributed by atoms with Crippen molar-refractivity contribution in [2.45, 2.75) is 13.0 Å². The van der Waals surface area contributed by atoms with Crippen molar-refractivity contribution in [1.29, 1.82) is 0 Å². The van der Waals surface area contributed by atoms with E-state index in [0.717, 1.165) is 5.56 Å². The zero-order valence-corrected chi connectivity index (χ0v) is 10.1. The number of carbonyl (C=O) groups is 1. The van der Waals surface area contributed by atoms with Gasteiger partial charge in [0.15, 0.2) is 0 Å². The Morgan fingerprint density at radius 2 is 2.00 bits per heavy atom. The Hall–Kier alpha value is -1.68. The molecule has 1 atom stereocenters. The summed E-state index contributed by atoms with van der Waals surface area (Å²) in [5.41, 5.74) is 0.885. The molecule has 2 nitrogen and oxygen atoms in total. The second kappa shape index (κ2) is 5.10. The summed E-state index contributed by atoms with van der Waals surface area (Å²) >= 11 is 1.40. The van der Waals surface area contributed by atoms with Gasteiger partial charge in [0, 0.05) is 0 Å². The number of benzene rings is 1. The Morgan fingerprint density at radius 3 is 2.59 bits per heavy atom. The summed E-state index contributed by atoms with van der Waals surface area (Å²) in [7, 11) is 0. The van der Waals surface area contributed by atoms with Gasteiger partial charge in [-0.2, -0.15) is 0 Å². The van der Waals surface area contributed by atoms with Crippen LogP contribution in [0.4, 0.5) is 4.39 Å². The standard InChI is InChI=1S/C13H12FNOS/c1-9(10-4-6-11(14)7-5-10)15-13(16)12-3-2-8-17-12/h2-9H,1H3,(H,15,16). The predicted molar refractivity (Wildman–Crippen MR) is 66.6 cm³/mol. The number of nitrogens with one attached hydrogen (secondary N) is 1. The lowest BCUT2D eigenvalue weighted by atomic mass is 10.1. The molecule has 0 aliphatic carbocycles. The maximum absolute atomic E-state index is 12.8. The molecule has 0 spiro atoms. The first kappa shape index (κ1) is 11.8. The van der Waals surface area contributed by atoms with Crippen molar-refractivity contribution in [2.75, 3.05) is 0 Å². The van der Waals surface area contributed by atoms with E-state index in [0.29, 0.717) is 4.88 Å². The van der Waals surface area contributed by atoms with E-state index in [1.807, 2.05) is 18.4 Å². The van der Waals surface area contributed by atoms with Gasteiger partial charge in [-0.1, -0.05) is 18.2 Å². The Balaban J connectivity index is 2.04. The highest BCUT2D eigenvalue weighted by Gasteiger charge is 2.11. The first-order valence-corrected chi connectivity index (χ1v) is 6.14. The van der Waals surface area contributed by atoms with Crippen LogP contribution in [0.3, 0.4) is 0 Å². The Labute approximate surface area is 103 Å². The fourth-order valence-corrected chi connectivity index (χ4v) is 2.14. The number of thiophene rings is 1. The van der Waals surface area contributed by atoms with Gasteiger partial charge >= 0.3 is 0 Å². The van der Waals surface area contributed by atoms with Gasteiger partial charge in [-0.15, -0.1) is 11.3 Å². The van der Waals surface area contributed by atoms with E-state index in [9.17, 15) is 9.18 Å². The van der Waals surface area contributed by atoms with Crippen LogP contribution in [0.15, 0.2) is 41.8 Å². The molecule has 2 aromatic rings. The largest absolute Gasteiger partial charge is 0.345 e. The van der Waals surface area contributed by atoms with Gasteiger partial charge in [0.1, 0.15) is 5.82 Å². The highest BCUT2D eigenvalue weighted by Crippen LogP contribution is 2.15. The summed E-state index contributed by atoms with van der Waals surface area (Å²) in [5, 5.41) is 4.73. The van der Waals surface area contributed by atoms with Crippen LogP contribution in [0.25, 0.3) is 0 Å². The number of hydrogen-bond donors (Lipinski definition) is 1. The maximum Gasteiger partial charge on any atom is 0.261 e. The van der Waals surface area contributed by atoms with Crippen molar-refractivity contribution in [1.82, 2.24) is 5.32 Å². The molecule has 0 saturated carbocycles. The quantitative estimate of drug-likeness (QED) is 0.887. The molecule has 88 valence electrons. The van der Waals surface area contributed by atoms with Crippen LogP contribution in [0.5, 0.6) is 0 Å². The van der Waals surface area contributed by atoms with E-state index in [4.69, 9.17) is 0 Å². The van der Waals surface area contributed by atoms with Crippen molar-refractivity contribution < 1.29 is 9.18 Å². The SMILES string of the molecule is CC(NC(=O)c1cccs1)c1ccc(F)cc1. The molecule has 4 heteroatoms. The lowest BCUT2D eigenvalue weighted by Gasteiger charge is -2.13. The number of halogens is 1. The van der Waals surface area contributed by atoms with Crippen LogP contribution < -0.4 is 5.32 Å². The van der Waals surface area contributed by atoms with Crippen LogP contribution in [-0.4, -0.2) is 5.91 Å². The first-order chi connectivity index (χ1) is 8.16. The number of hydrogen-bond acceptors (Lipinski definition) is 2. The third-order valence-electron chi connectivity index (χ3n) is 2.46. The molecule has 17 heavy (non-hydrogen) atoms. The van der Waals surface area contributed by atoms with E-state index >= 15 is 0 Å². The molecule has 2 rings (SSSR count). The maximum atomic E-state index is 12.8. The van der Waals surface area contributed by atoms with Gasteiger partial charge in [-0.25, -0.2) is 4.39 Å². The smallest absolute Gasteiger partial charge is 0.261 e. The Morgan fingerprint density at radius 1 is 1.29 bits per heavy atom. The third-order valence-corrected chi connectivity index (χ3v) is 3.33. The molecule has 0 radical (unpaired) electrons. The van der Waals surface area contributed by atoms with Gasteiger partial charge in [0.25, 0.3) is 5.91 Å². The van der Waals surface area contributed by atoms with Crippen molar-refractivity contribution in [3.63, 3.8) is 0 Å². The average molecular weight is 249 g/mol. The summed E-state index contributed by atoms with van der Waals surface area (Å²) in [6, 6.07) is 9.61. The molecule has 1 aromatic heterocycles. The summed E-state index contributed by atoms with van der Waals surface area (Å²) < 4.78 is 12.8. The normalized spacial score (nSPS) is 12.1. The van der Waals surface area contributed by atoms with Gasteiger partial charge in [0.05, 0.1) is 10.9 Å². The molecule has 0 aliphatic heterocycles. The molecular formula is C13H12FNOS. The minimum atomic E-state index is -0.273. The second-order valence-corrected chi connectivity index (χ2v) is 4.67. The van der Waals surface area contributed by atoms with E-state index in [1.54, 1.807) is 18.2 Å². The number of carbonyl (C=O) groups excluding carboxylic acids is 1. The number of rotatable bonds is 3. The van der Waals surface area contributed by atoms with Crippen molar-refractivity contribution in [3.05, 3.63) is 58.0 Å². The molecule has 1 unspecified atom stereocenters. The van der Waals surface area contributed by atoms with Crippen LogP contribution >= 0.6 is 11.3 Å². The Bertz CT molecular complexity index is 493. The molecule has 0 bridgehead atoms. The van der Waals surface area contributed by atoms with Gasteiger partial charge in [0.2, 0.25) is 0 Å². The lowest BCUT2D eigenvalue weighted by molar-refractivity contribution is 0.0944. The average Bonchev–Trinajstić information content (AvgIpc) is 2.83. The summed E-state index contributed by atoms with van der Waals surface area (Å²) in [4.78, 5) is 12.5. The number of amides is 1. The topological polar surface area (TPSA) is 29.1 Å². The first-order valence-electron chi connectivity index (χ1n) is 5.26. The van der Waals surface area contributed by atoms with E-state index in [-0.39, 0.29) is 17.8 Å². The zero-order chi connectivity index (χ0) is 12.3. The molecule has 1 aromatic carbocycles. The molecule has 1 heterocycles. The Kier molecular flexibility index (Phi) is 3.54. The highest BCUT2D eigenvalue weighted by molar-refractivity contribution is 7.12. The minimum Gasteiger partial charge on any atom is -0.345 e. The molecule has 0 saturated heterocycles. The summed E-state index contributed by atoms with van der Waals surface area (Å²) in [5.74, 6) is -0.373. The zero-order valence-electron chi connectivity index (χ0n) is 9.31. The van der Waals surface area contributed by atoms with Crippen molar-refractivity contribution >= 4 is 17.2 Å². The van der Waals surface area contributed by atoms with Crippen LogP contribution in [0.1, 0.15) is 28.2 Å². The van der Waals surface area contributed by atoms with Crippen molar-refractivity contribution in [3.8, 4) is 0 Å². The molecule has 1 N–H and O–H groups in total. The van der Waals surface area contributed by atoms with Gasteiger partial charge in [-0.05, 0) is 36.1 Å². The third kappa shape index (κ3) is 2.91. The van der Waals surface area contributed by atoms with Gasteiger partial charge in [-0.3, -0.25) is 4.79 Å². The van der Waals surface area contributed by atoms with E-state index in [1.165, 1.54) is 23.5 Å². The molecular weight excluding hydrogens is 237 g/mol. The lowest BCUT2D eigenvalue weighted by Crippen LogP contribution is -2.25. The highest BCUT2D eigenvalue weighted by atomic mass is 32.1. The summed E-state index contributed by atoms with van der Waals surface area (Å²) in [6.45, 7) is 1.87. The van der Waals surface area contributed by atoms with Crippen LogP contribution in [0.2, 0.25) is 0 Å². The molecule has 1 amide bonds. The monoisotopic (exact) mass is 249 g/mol. The van der Waals surface area contributed by atoms with Crippen LogP contribution in [-0.2, 0) is 0 Å². The second-order valence-electron chi connectivity index (χ2n) is 3.72. The fraction of sp³-hybridized carbons (Fsp3) is 0.154. The molecule has 0 aliphatic rings. The predicted octanol–water partition coefficient (Wildman–Crippen LogP) is 3.38. The molecule has 0 fully saturated rings. The van der Waals surface area contributed by atoms with E-state index in [2.05, 4.69) is 5.32 Å². The fourth-order valence-electron chi connectivity index (χ4n) is 1.51. The minimum absolute atomic E-state index is 0.100. The van der Waals surface area contributed by atoms with Crippen LogP contribution in [0, 0.1) is 5.82 Å². The van der Waals surface area contributed by atoms with Gasteiger partial charge < -0.3 is 5.32 Å². The van der Waals surface area contributed by atoms with Crippen molar-refractivity contribution in [2.24, 2.45) is 0 Å². The summed E-state index contributed by atoms with van der Waals surface area (Å²) in [6.07, 6.45) is 0. The van der Waals surface area contributed by atoms with E-state index < -0.39 is 0 Å².